The maximum atomic E-state index is 14.0. The van der Waals surface area contributed by atoms with Crippen molar-refractivity contribution in [2.24, 2.45) is 17.0 Å². The first-order valence-corrected chi connectivity index (χ1v) is 14.1. The molecule has 4 aliphatic rings. The van der Waals surface area contributed by atoms with Crippen LogP contribution in [0.4, 0.5) is 0 Å². The molecule has 2 saturated carbocycles. The average molecular weight is 507 g/mol. The van der Waals surface area contributed by atoms with E-state index in [1.165, 1.54) is 58.5 Å². The van der Waals surface area contributed by atoms with Crippen molar-refractivity contribution >= 4 is 22.7 Å². The third-order valence-corrected chi connectivity index (χ3v) is 9.50. The normalized spacial score (nSPS) is 32.0. The summed E-state index contributed by atoms with van der Waals surface area (Å²) in [5.74, 6) is 0.877. The lowest BCUT2D eigenvalue weighted by molar-refractivity contribution is -0.136. The predicted octanol–water partition coefficient (Wildman–Crippen LogP) is 4.75. The maximum Gasteiger partial charge on any atom is 0.303 e. The fourth-order valence-corrected chi connectivity index (χ4v) is 8.18. The Hall–Kier alpha value is -2.74. The fraction of sp³-hybridized carbons (Fsp3) is 0.655. The molecule has 0 spiro atoms. The minimum absolute atomic E-state index is 0.0947. The number of para-hydroxylation sites is 2. The van der Waals surface area contributed by atoms with Gasteiger partial charge in [0, 0.05) is 30.6 Å². The molecular weight excluding hydrogens is 468 g/mol. The first-order valence-electron chi connectivity index (χ1n) is 14.1. The van der Waals surface area contributed by atoms with Crippen molar-refractivity contribution in [1.82, 2.24) is 14.5 Å². The fourth-order valence-electron chi connectivity index (χ4n) is 8.18. The summed E-state index contributed by atoms with van der Waals surface area (Å²) >= 11 is 0. The molecule has 4 bridgehead atoms. The van der Waals surface area contributed by atoms with E-state index in [1.54, 1.807) is 0 Å². The zero-order valence-electron chi connectivity index (χ0n) is 21.7. The van der Waals surface area contributed by atoms with Crippen LogP contribution in [0.25, 0.3) is 11.0 Å². The summed E-state index contributed by atoms with van der Waals surface area (Å²) in [6.07, 6.45) is 12.7. The van der Waals surface area contributed by atoms with E-state index >= 15 is 0 Å². The molecule has 6 rings (SSSR count). The van der Waals surface area contributed by atoms with Gasteiger partial charge in [-0.2, -0.15) is 0 Å². The summed E-state index contributed by atoms with van der Waals surface area (Å²) in [5, 5.41) is 13.3. The Labute approximate surface area is 217 Å². The molecule has 1 N–H and O–H groups in total. The molecular formula is C29H38N4O4. The first kappa shape index (κ1) is 24.6. The molecule has 2 saturated heterocycles. The molecule has 1 aromatic heterocycles. The van der Waals surface area contributed by atoms with Gasteiger partial charge in [-0.05, 0) is 68.9 Å². The molecule has 0 amide bonds. The lowest BCUT2D eigenvalue weighted by Crippen LogP contribution is -2.52. The van der Waals surface area contributed by atoms with E-state index < -0.39 is 5.97 Å². The van der Waals surface area contributed by atoms with Crippen LogP contribution >= 0.6 is 0 Å². The van der Waals surface area contributed by atoms with Gasteiger partial charge in [-0.25, -0.2) is 4.98 Å². The SMILES string of the molecule is CON=C(CCC(=O)O)c1nc2ccccc2n(C2C[C@H]3CC[C@@H](C2)N3C2C[C@H]3CCC[C@@H](C2)C3)c1=O. The Kier molecular flexibility index (Phi) is 6.78. The standard InChI is InChI=1S/C29H38N4O4/c1-37-31-25(11-12-27(34)35)28-29(36)33(26-8-3-2-7-24(26)30-28)23-16-20-9-10-21(17-23)32(20)22-14-18-5-4-6-19(13-18)15-22/h2-3,7-8,18-23H,4-6,9-17H2,1H3,(H,34,35)/t18-,19+,20-,21+,22?,23?. The highest BCUT2D eigenvalue weighted by Crippen LogP contribution is 2.48. The van der Waals surface area contributed by atoms with Gasteiger partial charge >= 0.3 is 5.97 Å². The van der Waals surface area contributed by atoms with Crippen LogP contribution in [0.15, 0.2) is 34.2 Å². The number of rotatable bonds is 7. The van der Waals surface area contributed by atoms with Crippen molar-refractivity contribution in [3.8, 4) is 0 Å². The summed E-state index contributed by atoms with van der Waals surface area (Å²) in [6.45, 7) is 0. The zero-order chi connectivity index (χ0) is 25.5. The smallest absolute Gasteiger partial charge is 0.303 e. The van der Waals surface area contributed by atoms with Crippen molar-refractivity contribution in [2.45, 2.75) is 101 Å². The van der Waals surface area contributed by atoms with Gasteiger partial charge in [0.2, 0.25) is 0 Å². The highest BCUT2D eigenvalue weighted by atomic mass is 16.6. The van der Waals surface area contributed by atoms with Crippen molar-refractivity contribution in [1.29, 1.82) is 0 Å². The summed E-state index contributed by atoms with van der Waals surface area (Å²) in [6, 6.07) is 9.63. The first-order chi connectivity index (χ1) is 18.0. The molecule has 2 aliphatic heterocycles. The van der Waals surface area contributed by atoms with Gasteiger partial charge in [-0.1, -0.05) is 36.6 Å². The second-order valence-corrected chi connectivity index (χ2v) is 11.7. The third kappa shape index (κ3) is 4.69. The van der Waals surface area contributed by atoms with Gasteiger partial charge in [0.1, 0.15) is 12.8 Å². The average Bonchev–Trinajstić information content (AvgIpc) is 3.15. The maximum absolute atomic E-state index is 14.0. The van der Waals surface area contributed by atoms with Crippen LogP contribution in [-0.4, -0.2) is 56.5 Å². The molecule has 8 nitrogen and oxygen atoms in total. The number of piperidine rings is 1. The number of aromatic nitrogens is 2. The molecule has 2 aliphatic carbocycles. The molecule has 0 radical (unpaired) electrons. The molecule has 8 heteroatoms. The molecule has 198 valence electrons. The predicted molar refractivity (Wildman–Crippen MR) is 142 cm³/mol. The molecule has 3 heterocycles. The van der Waals surface area contributed by atoms with Gasteiger partial charge in [0.25, 0.3) is 5.56 Å². The van der Waals surface area contributed by atoms with E-state index in [2.05, 4.69) is 15.0 Å². The Bertz CT molecular complexity index is 1230. The number of carboxylic acids is 1. The van der Waals surface area contributed by atoms with Crippen LogP contribution in [0, 0.1) is 11.8 Å². The van der Waals surface area contributed by atoms with Crippen molar-refractivity contribution in [3.63, 3.8) is 0 Å². The third-order valence-electron chi connectivity index (χ3n) is 9.50. The van der Waals surface area contributed by atoms with Gasteiger partial charge in [-0.15, -0.1) is 0 Å². The van der Waals surface area contributed by atoms with Crippen molar-refractivity contribution in [2.75, 3.05) is 7.11 Å². The van der Waals surface area contributed by atoms with Crippen LogP contribution in [-0.2, 0) is 9.63 Å². The molecule has 37 heavy (non-hydrogen) atoms. The monoisotopic (exact) mass is 506 g/mol. The minimum Gasteiger partial charge on any atom is -0.481 e. The summed E-state index contributed by atoms with van der Waals surface area (Å²) in [4.78, 5) is 37.8. The number of hydrogen-bond donors (Lipinski definition) is 1. The van der Waals surface area contributed by atoms with Gasteiger partial charge < -0.3 is 14.5 Å². The zero-order valence-corrected chi connectivity index (χ0v) is 21.7. The lowest BCUT2D eigenvalue weighted by atomic mass is 9.69. The Morgan fingerprint density at radius 1 is 0.973 bits per heavy atom. The number of fused-ring (bicyclic) bond motifs is 5. The van der Waals surface area contributed by atoms with Crippen LogP contribution in [0.2, 0.25) is 0 Å². The summed E-state index contributed by atoms with van der Waals surface area (Å²) in [5.41, 5.74) is 1.88. The van der Waals surface area contributed by atoms with E-state index in [1.807, 2.05) is 28.8 Å². The summed E-state index contributed by atoms with van der Waals surface area (Å²) < 4.78 is 1.95. The van der Waals surface area contributed by atoms with E-state index in [4.69, 9.17) is 4.84 Å². The Morgan fingerprint density at radius 2 is 1.68 bits per heavy atom. The topological polar surface area (TPSA) is 97.0 Å². The van der Waals surface area contributed by atoms with Gasteiger partial charge in [-0.3, -0.25) is 14.5 Å². The number of benzene rings is 1. The minimum atomic E-state index is -0.944. The van der Waals surface area contributed by atoms with Gasteiger partial charge in [0.15, 0.2) is 5.69 Å². The number of carboxylic acid groups (broad SMARTS) is 1. The van der Waals surface area contributed by atoms with E-state index in [0.717, 1.165) is 35.7 Å². The van der Waals surface area contributed by atoms with Crippen LogP contribution in [0.5, 0.6) is 0 Å². The molecule has 6 atom stereocenters. The highest BCUT2D eigenvalue weighted by molar-refractivity contribution is 6.00. The van der Waals surface area contributed by atoms with Crippen LogP contribution in [0.3, 0.4) is 0 Å². The number of nitrogens with zero attached hydrogens (tertiary/aromatic N) is 4. The number of carbonyl (C=O) groups is 1. The van der Waals surface area contributed by atoms with E-state index in [-0.39, 0.29) is 30.1 Å². The molecule has 2 aromatic rings. The van der Waals surface area contributed by atoms with Gasteiger partial charge in [0.05, 0.1) is 17.5 Å². The number of hydrogen-bond acceptors (Lipinski definition) is 6. The summed E-state index contributed by atoms with van der Waals surface area (Å²) in [7, 11) is 1.41. The largest absolute Gasteiger partial charge is 0.481 e. The van der Waals surface area contributed by atoms with E-state index in [0.29, 0.717) is 23.8 Å². The van der Waals surface area contributed by atoms with Crippen LogP contribution < -0.4 is 5.56 Å². The highest BCUT2D eigenvalue weighted by Gasteiger charge is 2.47. The second kappa shape index (κ2) is 10.2. The molecule has 2 unspecified atom stereocenters. The van der Waals surface area contributed by atoms with Crippen molar-refractivity contribution < 1.29 is 14.7 Å². The quantitative estimate of drug-likeness (QED) is 0.430. The second-order valence-electron chi connectivity index (χ2n) is 11.7. The number of oxime groups is 1. The van der Waals surface area contributed by atoms with E-state index in [9.17, 15) is 14.7 Å². The van der Waals surface area contributed by atoms with Crippen LogP contribution in [0.1, 0.15) is 88.8 Å². The Morgan fingerprint density at radius 3 is 2.35 bits per heavy atom. The molecule has 1 aromatic carbocycles. The van der Waals surface area contributed by atoms with Crippen molar-refractivity contribution in [3.05, 3.63) is 40.3 Å². The lowest BCUT2D eigenvalue weighted by Gasteiger charge is -2.49. The molecule has 4 fully saturated rings. The number of aliphatic carboxylic acids is 1. The Balaban J connectivity index is 1.33.